The van der Waals surface area contributed by atoms with Crippen molar-refractivity contribution >= 4 is 11.9 Å². The average molecular weight is 299 g/mol. The van der Waals surface area contributed by atoms with E-state index in [1.165, 1.54) is 24.5 Å². The number of carboxylic acid groups (broad SMARTS) is 1. The molecule has 0 spiro atoms. The van der Waals surface area contributed by atoms with Gasteiger partial charge < -0.3 is 29.9 Å². The van der Waals surface area contributed by atoms with E-state index in [1.807, 2.05) is 0 Å². The number of nitrogens with zero attached hydrogens (tertiary/aromatic N) is 1. The summed E-state index contributed by atoms with van der Waals surface area (Å²) in [5, 5.41) is 37.6. The molecule has 0 bridgehead atoms. The van der Waals surface area contributed by atoms with Crippen molar-refractivity contribution in [2.75, 3.05) is 0 Å². The van der Waals surface area contributed by atoms with Crippen LogP contribution in [0.1, 0.15) is 10.4 Å². The Kier molecular flexibility index (Phi) is 4.48. The Bertz CT molecular complexity index is 521. The first-order valence-electron chi connectivity index (χ1n) is 5.95. The maximum Gasteiger partial charge on any atom is 0.342 e. The number of carboxylic acids is 1. The molecule has 9 nitrogen and oxygen atoms in total. The summed E-state index contributed by atoms with van der Waals surface area (Å²) in [4.78, 5) is 26.4. The van der Waals surface area contributed by atoms with Crippen LogP contribution in [0.3, 0.4) is 0 Å². The van der Waals surface area contributed by atoms with Crippen LogP contribution in [-0.4, -0.2) is 68.1 Å². The number of hydrogen-bond acceptors (Lipinski definition) is 8. The lowest BCUT2D eigenvalue weighted by molar-refractivity contribution is -0.278. The number of hydrogen-bond donors (Lipinski definition) is 4. The summed E-state index contributed by atoms with van der Waals surface area (Å²) >= 11 is 0. The smallest absolute Gasteiger partial charge is 0.342 e. The van der Waals surface area contributed by atoms with Crippen molar-refractivity contribution in [3.8, 4) is 0 Å². The van der Waals surface area contributed by atoms with Gasteiger partial charge in [-0.05, 0) is 12.1 Å². The first kappa shape index (κ1) is 15.3. The van der Waals surface area contributed by atoms with Crippen molar-refractivity contribution < 1.29 is 39.5 Å². The fraction of sp³-hybridized carbons (Fsp3) is 0.417. The summed E-state index contributed by atoms with van der Waals surface area (Å²) in [5.74, 6) is -2.48. The zero-order valence-corrected chi connectivity index (χ0v) is 10.6. The van der Waals surface area contributed by atoms with Gasteiger partial charge in [-0.25, -0.2) is 9.59 Å². The van der Waals surface area contributed by atoms with E-state index in [4.69, 9.17) is 14.6 Å². The van der Waals surface area contributed by atoms with Gasteiger partial charge in [0.25, 0.3) is 0 Å². The molecule has 0 unspecified atom stereocenters. The topological polar surface area (TPSA) is 146 Å². The largest absolute Gasteiger partial charge is 0.479 e. The SMILES string of the molecule is O=C(O[C@H]1O[C@H](C(=O)O)[C@@H](O)[C@@H](O)[C@H]1O)c1cccnc1. The Morgan fingerprint density at radius 2 is 1.90 bits per heavy atom. The number of aliphatic hydroxyl groups excluding tert-OH is 3. The molecule has 1 saturated heterocycles. The van der Waals surface area contributed by atoms with Crippen LogP contribution in [0.25, 0.3) is 0 Å². The normalized spacial score (nSPS) is 32.4. The molecule has 2 rings (SSSR count). The molecule has 5 atom stereocenters. The average Bonchev–Trinajstić information content (AvgIpc) is 2.48. The van der Waals surface area contributed by atoms with E-state index < -0.39 is 42.6 Å². The number of ether oxygens (including phenoxy) is 2. The molecule has 1 aliphatic rings. The van der Waals surface area contributed by atoms with Gasteiger partial charge in [0.1, 0.15) is 18.3 Å². The summed E-state index contributed by atoms with van der Waals surface area (Å²) in [6, 6.07) is 2.87. The monoisotopic (exact) mass is 299 g/mol. The van der Waals surface area contributed by atoms with Gasteiger partial charge in [0.05, 0.1) is 5.56 Å². The van der Waals surface area contributed by atoms with Crippen molar-refractivity contribution in [1.82, 2.24) is 4.98 Å². The van der Waals surface area contributed by atoms with Crippen LogP contribution in [0, 0.1) is 0 Å². The number of rotatable bonds is 3. The van der Waals surface area contributed by atoms with E-state index in [2.05, 4.69) is 4.98 Å². The van der Waals surface area contributed by atoms with E-state index in [9.17, 15) is 24.9 Å². The molecule has 4 N–H and O–H groups in total. The molecule has 1 fully saturated rings. The number of aliphatic hydroxyl groups is 3. The van der Waals surface area contributed by atoms with Crippen molar-refractivity contribution in [2.24, 2.45) is 0 Å². The van der Waals surface area contributed by atoms with E-state index in [-0.39, 0.29) is 5.56 Å². The standard InChI is InChI=1S/C12H13NO8/c14-6-7(15)9(10(17)18)20-12(8(6)16)21-11(19)5-2-1-3-13-4-5/h1-4,6-9,12,14-16H,(H,17,18)/t6-,7+,8-,9+,12-/m1/s1. The molecule has 0 amide bonds. The van der Waals surface area contributed by atoms with Gasteiger partial charge in [-0.15, -0.1) is 0 Å². The van der Waals surface area contributed by atoms with Crippen LogP contribution in [0.5, 0.6) is 0 Å². The minimum atomic E-state index is -1.84. The molecule has 21 heavy (non-hydrogen) atoms. The molecule has 0 saturated carbocycles. The maximum atomic E-state index is 11.8. The molecule has 0 radical (unpaired) electrons. The molecule has 114 valence electrons. The third-order valence-electron chi connectivity index (χ3n) is 2.93. The Morgan fingerprint density at radius 3 is 2.48 bits per heavy atom. The first-order valence-corrected chi connectivity index (χ1v) is 5.95. The lowest BCUT2D eigenvalue weighted by atomic mass is 9.99. The molecule has 0 aliphatic carbocycles. The van der Waals surface area contributed by atoms with Crippen LogP contribution in [0.15, 0.2) is 24.5 Å². The lowest BCUT2D eigenvalue weighted by Gasteiger charge is -2.37. The highest BCUT2D eigenvalue weighted by molar-refractivity contribution is 5.89. The Morgan fingerprint density at radius 1 is 1.19 bits per heavy atom. The second-order valence-corrected chi connectivity index (χ2v) is 4.38. The minimum absolute atomic E-state index is 0.0563. The molecule has 9 heteroatoms. The first-order chi connectivity index (χ1) is 9.91. The van der Waals surface area contributed by atoms with Crippen molar-refractivity contribution in [3.05, 3.63) is 30.1 Å². The number of carbonyl (C=O) groups excluding carboxylic acids is 1. The third kappa shape index (κ3) is 3.16. The van der Waals surface area contributed by atoms with E-state index in [0.717, 1.165) is 0 Å². The molecule has 1 aliphatic heterocycles. The predicted molar refractivity (Wildman–Crippen MR) is 64.0 cm³/mol. The van der Waals surface area contributed by atoms with Crippen molar-refractivity contribution in [1.29, 1.82) is 0 Å². The van der Waals surface area contributed by atoms with Crippen molar-refractivity contribution in [3.63, 3.8) is 0 Å². The Labute approximate surface area is 118 Å². The highest BCUT2D eigenvalue weighted by atomic mass is 16.7. The maximum absolute atomic E-state index is 11.8. The van der Waals surface area contributed by atoms with Crippen LogP contribution >= 0.6 is 0 Å². The van der Waals surface area contributed by atoms with Gasteiger partial charge in [0, 0.05) is 12.4 Å². The molecular formula is C12H13NO8. The quantitative estimate of drug-likeness (QED) is 0.471. The third-order valence-corrected chi connectivity index (χ3v) is 2.93. The zero-order valence-electron chi connectivity index (χ0n) is 10.6. The second-order valence-electron chi connectivity index (χ2n) is 4.38. The summed E-state index contributed by atoms with van der Waals surface area (Å²) in [7, 11) is 0. The minimum Gasteiger partial charge on any atom is -0.479 e. The molecular weight excluding hydrogens is 286 g/mol. The highest BCUT2D eigenvalue weighted by Crippen LogP contribution is 2.23. The zero-order chi connectivity index (χ0) is 15.6. The number of aromatic nitrogens is 1. The number of pyridine rings is 1. The fourth-order valence-corrected chi connectivity index (χ4v) is 1.81. The number of esters is 1. The van der Waals surface area contributed by atoms with E-state index >= 15 is 0 Å². The van der Waals surface area contributed by atoms with Crippen LogP contribution < -0.4 is 0 Å². The molecule has 1 aromatic heterocycles. The van der Waals surface area contributed by atoms with Gasteiger partial charge >= 0.3 is 11.9 Å². The van der Waals surface area contributed by atoms with Crippen LogP contribution in [0.2, 0.25) is 0 Å². The summed E-state index contributed by atoms with van der Waals surface area (Å²) in [6.45, 7) is 0. The fourth-order valence-electron chi connectivity index (χ4n) is 1.81. The van der Waals surface area contributed by atoms with Gasteiger partial charge in [-0.2, -0.15) is 0 Å². The predicted octanol–water partition coefficient (Wildman–Crippen LogP) is -1.87. The number of carbonyl (C=O) groups is 2. The van der Waals surface area contributed by atoms with Gasteiger partial charge in [-0.1, -0.05) is 0 Å². The van der Waals surface area contributed by atoms with Gasteiger partial charge in [-0.3, -0.25) is 4.98 Å². The molecule has 2 heterocycles. The van der Waals surface area contributed by atoms with E-state index in [0.29, 0.717) is 0 Å². The lowest BCUT2D eigenvalue weighted by Crippen LogP contribution is -2.60. The Balaban J connectivity index is 2.11. The Hall–Kier alpha value is -2.07. The molecule has 1 aromatic rings. The summed E-state index contributed by atoms with van der Waals surface area (Å²) in [6.07, 6.45) is -6.36. The summed E-state index contributed by atoms with van der Waals surface area (Å²) < 4.78 is 9.62. The second kappa shape index (κ2) is 6.14. The van der Waals surface area contributed by atoms with Crippen LogP contribution in [0.4, 0.5) is 0 Å². The number of aliphatic carboxylic acids is 1. The van der Waals surface area contributed by atoms with Crippen LogP contribution in [-0.2, 0) is 14.3 Å². The van der Waals surface area contributed by atoms with E-state index in [1.54, 1.807) is 0 Å². The molecule has 0 aromatic carbocycles. The summed E-state index contributed by atoms with van der Waals surface area (Å²) in [5.41, 5.74) is 0.0563. The highest BCUT2D eigenvalue weighted by Gasteiger charge is 2.48. The van der Waals surface area contributed by atoms with Gasteiger partial charge in [0.2, 0.25) is 6.29 Å². The van der Waals surface area contributed by atoms with Gasteiger partial charge in [0.15, 0.2) is 6.10 Å². The van der Waals surface area contributed by atoms with Crippen molar-refractivity contribution in [2.45, 2.75) is 30.7 Å².